The van der Waals surface area contributed by atoms with Gasteiger partial charge in [0.1, 0.15) is 0 Å². The van der Waals surface area contributed by atoms with Gasteiger partial charge in [-0.2, -0.15) is 0 Å². The summed E-state index contributed by atoms with van der Waals surface area (Å²) in [4.78, 5) is 25.6. The van der Waals surface area contributed by atoms with Gasteiger partial charge in [0.25, 0.3) is 5.56 Å². The SMILES string of the molecule is CC(=O)SCC(=Cc1c[nH]c(=O)c(C)c1)B1OC(C)(C)C(C)(C)O1. The van der Waals surface area contributed by atoms with Crippen LogP contribution in [-0.4, -0.2) is 34.2 Å². The van der Waals surface area contributed by atoms with Gasteiger partial charge in [0.2, 0.25) is 0 Å². The lowest BCUT2D eigenvalue weighted by atomic mass is 9.78. The van der Waals surface area contributed by atoms with Crippen LogP contribution in [0.1, 0.15) is 45.7 Å². The lowest BCUT2D eigenvalue weighted by Crippen LogP contribution is -2.41. The third-order valence-corrected chi connectivity index (χ3v) is 5.35. The van der Waals surface area contributed by atoms with Gasteiger partial charge in [-0.15, -0.1) is 0 Å². The van der Waals surface area contributed by atoms with E-state index in [1.54, 1.807) is 13.1 Å². The van der Waals surface area contributed by atoms with Crippen LogP contribution in [0.25, 0.3) is 6.08 Å². The number of hydrogen-bond donors (Lipinski definition) is 1. The van der Waals surface area contributed by atoms with E-state index in [0.717, 1.165) is 11.0 Å². The Morgan fingerprint density at radius 2 is 1.88 bits per heavy atom. The predicted octanol–water partition coefficient (Wildman–Crippen LogP) is 2.98. The molecule has 5 nitrogen and oxygen atoms in total. The number of aromatic amines is 1. The van der Waals surface area contributed by atoms with Crippen molar-refractivity contribution in [3.8, 4) is 0 Å². The number of carbonyl (C=O) groups excluding carboxylic acids is 1. The molecule has 0 spiro atoms. The van der Waals surface area contributed by atoms with Crippen LogP contribution in [0.4, 0.5) is 0 Å². The highest BCUT2D eigenvalue weighted by atomic mass is 32.2. The molecule has 1 fully saturated rings. The van der Waals surface area contributed by atoms with Gasteiger partial charge in [-0.3, -0.25) is 9.59 Å². The molecule has 1 saturated heterocycles. The molecule has 1 N–H and O–H groups in total. The fourth-order valence-corrected chi connectivity index (χ4v) is 2.86. The van der Waals surface area contributed by atoms with E-state index in [1.165, 1.54) is 18.7 Å². The first-order valence-electron chi connectivity index (χ1n) is 7.90. The van der Waals surface area contributed by atoms with E-state index >= 15 is 0 Å². The van der Waals surface area contributed by atoms with E-state index in [9.17, 15) is 9.59 Å². The number of rotatable bonds is 4. The van der Waals surface area contributed by atoms with Crippen LogP contribution in [0.3, 0.4) is 0 Å². The minimum atomic E-state index is -0.519. The zero-order valence-electron chi connectivity index (χ0n) is 15.1. The van der Waals surface area contributed by atoms with Crippen molar-refractivity contribution in [2.75, 3.05) is 5.75 Å². The van der Waals surface area contributed by atoms with Crippen LogP contribution < -0.4 is 5.56 Å². The maximum absolute atomic E-state index is 11.5. The third-order valence-electron chi connectivity index (χ3n) is 4.46. The molecule has 0 atom stereocenters. The molecule has 0 unspecified atom stereocenters. The van der Waals surface area contributed by atoms with Gasteiger partial charge in [-0.25, -0.2) is 0 Å². The first-order chi connectivity index (χ1) is 11.0. The number of hydrogen-bond acceptors (Lipinski definition) is 5. The molecule has 0 radical (unpaired) electrons. The Kier molecular flexibility index (Phi) is 5.47. The molecule has 7 heteroatoms. The summed E-state index contributed by atoms with van der Waals surface area (Å²) in [6.07, 6.45) is 3.57. The molecule has 0 amide bonds. The highest BCUT2D eigenvalue weighted by molar-refractivity contribution is 8.13. The van der Waals surface area contributed by atoms with Crippen LogP contribution in [0.15, 0.2) is 22.5 Å². The second-order valence-corrected chi connectivity index (χ2v) is 8.19. The second kappa shape index (κ2) is 6.90. The molecule has 2 rings (SSSR count). The number of aryl methyl sites for hydroxylation is 1. The maximum atomic E-state index is 11.5. The van der Waals surface area contributed by atoms with E-state index in [1.807, 2.05) is 39.8 Å². The number of nitrogens with one attached hydrogen (secondary N) is 1. The monoisotopic (exact) mass is 349 g/mol. The zero-order valence-corrected chi connectivity index (χ0v) is 15.9. The molecular weight excluding hydrogens is 325 g/mol. The summed E-state index contributed by atoms with van der Waals surface area (Å²) >= 11 is 1.21. The molecule has 0 saturated carbocycles. The molecule has 1 aromatic rings. The molecule has 1 aliphatic rings. The fraction of sp³-hybridized carbons (Fsp3) is 0.529. The van der Waals surface area contributed by atoms with Crippen LogP contribution in [0.5, 0.6) is 0 Å². The zero-order chi connectivity index (χ0) is 18.1. The molecule has 130 valence electrons. The molecular formula is C17H24BNO4S. The Balaban J connectivity index is 2.34. The Bertz CT molecular complexity index is 708. The quantitative estimate of drug-likeness (QED) is 0.847. The standard InChI is InChI=1S/C17H24BNO4S/c1-11-7-13(9-19-15(11)21)8-14(10-24-12(2)20)18-22-16(3,4)17(5,6)23-18/h7-9H,10H2,1-6H3,(H,19,21). The smallest absolute Gasteiger partial charge is 0.400 e. The molecule has 1 aromatic heterocycles. The van der Waals surface area contributed by atoms with Crippen molar-refractivity contribution in [3.63, 3.8) is 0 Å². The number of carbonyl (C=O) groups is 1. The highest BCUT2D eigenvalue weighted by Gasteiger charge is 2.52. The van der Waals surface area contributed by atoms with Gasteiger partial charge in [0.05, 0.1) is 11.2 Å². The number of H-pyrrole nitrogens is 1. The predicted molar refractivity (Wildman–Crippen MR) is 99.0 cm³/mol. The van der Waals surface area contributed by atoms with Gasteiger partial charge in [0, 0.05) is 24.4 Å². The number of pyridine rings is 1. The lowest BCUT2D eigenvalue weighted by Gasteiger charge is -2.32. The average molecular weight is 349 g/mol. The first-order valence-corrected chi connectivity index (χ1v) is 8.89. The second-order valence-electron chi connectivity index (χ2n) is 7.03. The third kappa shape index (κ3) is 4.20. The Morgan fingerprint density at radius 3 is 2.38 bits per heavy atom. The van der Waals surface area contributed by atoms with E-state index in [0.29, 0.717) is 11.3 Å². The van der Waals surface area contributed by atoms with Crippen LogP contribution >= 0.6 is 11.8 Å². The summed E-state index contributed by atoms with van der Waals surface area (Å²) in [7, 11) is -0.519. The highest BCUT2D eigenvalue weighted by Crippen LogP contribution is 2.39. The summed E-state index contributed by atoms with van der Waals surface area (Å²) in [5, 5.41) is 0.0371. The van der Waals surface area contributed by atoms with Crippen molar-refractivity contribution < 1.29 is 14.1 Å². The first kappa shape index (κ1) is 19.0. The molecule has 0 aliphatic carbocycles. The lowest BCUT2D eigenvalue weighted by molar-refractivity contribution is -0.109. The minimum Gasteiger partial charge on any atom is -0.400 e. The van der Waals surface area contributed by atoms with Crippen molar-refractivity contribution in [3.05, 3.63) is 39.2 Å². The number of thioether (sulfide) groups is 1. The van der Waals surface area contributed by atoms with E-state index in [2.05, 4.69) is 4.98 Å². The summed E-state index contributed by atoms with van der Waals surface area (Å²) in [5.74, 6) is 0.477. The van der Waals surface area contributed by atoms with E-state index < -0.39 is 18.3 Å². The van der Waals surface area contributed by atoms with Gasteiger partial charge in [-0.1, -0.05) is 17.8 Å². The van der Waals surface area contributed by atoms with Crippen LogP contribution in [-0.2, 0) is 14.1 Å². The van der Waals surface area contributed by atoms with Gasteiger partial charge < -0.3 is 14.3 Å². The van der Waals surface area contributed by atoms with Crippen molar-refractivity contribution in [1.29, 1.82) is 0 Å². The molecule has 24 heavy (non-hydrogen) atoms. The van der Waals surface area contributed by atoms with Crippen molar-refractivity contribution in [1.82, 2.24) is 4.98 Å². The summed E-state index contributed by atoms with van der Waals surface area (Å²) in [6, 6.07) is 1.81. The molecule has 2 heterocycles. The van der Waals surface area contributed by atoms with Crippen molar-refractivity contribution >= 4 is 30.1 Å². The normalized spacial score (nSPS) is 19.6. The Labute approximate surface area is 147 Å². The van der Waals surface area contributed by atoms with Crippen molar-refractivity contribution in [2.24, 2.45) is 0 Å². The van der Waals surface area contributed by atoms with E-state index in [-0.39, 0.29) is 10.7 Å². The molecule has 1 aliphatic heterocycles. The van der Waals surface area contributed by atoms with Gasteiger partial charge >= 0.3 is 7.12 Å². The Morgan fingerprint density at radius 1 is 1.29 bits per heavy atom. The Hall–Kier alpha value is -1.31. The summed E-state index contributed by atoms with van der Waals surface area (Å²) in [5.41, 5.74) is 1.34. The summed E-state index contributed by atoms with van der Waals surface area (Å²) < 4.78 is 12.2. The number of aromatic nitrogens is 1. The van der Waals surface area contributed by atoms with E-state index in [4.69, 9.17) is 9.31 Å². The minimum absolute atomic E-state index is 0.0371. The fourth-order valence-electron chi connectivity index (χ4n) is 2.27. The van der Waals surface area contributed by atoms with Crippen LogP contribution in [0, 0.1) is 6.92 Å². The topological polar surface area (TPSA) is 68.4 Å². The van der Waals surface area contributed by atoms with Crippen molar-refractivity contribution in [2.45, 2.75) is 52.7 Å². The maximum Gasteiger partial charge on any atom is 0.491 e. The summed E-state index contributed by atoms with van der Waals surface area (Å²) in [6.45, 7) is 11.3. The van der Waals surface area contributed by atoms with Crippen LogP contribution in [0.2, 0.25) is 0 Å². The van der Waals surface area contributed by atoms with Gasteiger partial charge in [0.15, 0.2) is 5.12 Å². The molecule has 0 aromatic carbocycles. The van der Waals surface area contributed by atoms with Gasteiger partial charge in [-0.05, 0) is 51.7 Å². The molecule has 0 bridgehead atoms. The average Bonchev–Trinajstić information content (AvgIpc) is 2.67. The largest absolute Gasteiger partial charge is 0.491 e.